The number of hydrogen-bond donors (Lipinski definition) is 5. The van der Waals surface area contributed by atoms with Crippen LogP contribution in [-0.4, -0.2) is 88.5 Å². The first-order chi connectivity index (χ1) is 20.5. The lowest BCUT2D eigenvalue weighted by Gasteiger charge is -2.29. The molecule has 2 saturated heterocycles. The van der Waals surface area contributed by atoms with Gasteiger partial charge in [0.2, 0.25) is 29.5 Å². The lowest BCUT2D eigenvalue weighted by atomic mass is 10.1. The number of aliphatic imine (C=N–C) groups is 1. The molecule has 0 unspecified atom stereocenters. The van der Waals surface area contributed by atoms with Crippen LogP contribution in [-0.2, 0) is 28.8 Å². The zero-order valence-corrected chi connectivity index (χ0v) is 24.2. The first-order valence-electron chi connectivity index (χ1n) is 14.0. The van der Waals surface area contributed by atoms with Gasteiger partial charge in [0.25, 0.3) is 0 Å². The second-order valence-corrected chi connectivity index (χ2v) is 10.4. The number of carbonyl (C=O) groups excluding carboxylic acids is 6. The Bertz CT molecular complexity index is 1250. The van der Waals surface area contributed by atoms with E-state index in [1.54, 1.807) is 35.6 Å². The summed E-state index contributed by atoms with van der Waals surface area (Å²) in [7, 11) is 0. The Labute approximate surface area is 248 Å². The van der Waals surface area contributed by atoms with Crippen molar-refractivity contribution in [2.45, 2.75) is 76.5 Å². The van der Waals surface area contributed by atoms with E-state index in [1.807, 2.05) is 0 Å². The first kappa shape index (κ1) is 32.6. The number of guanidine groups is 1. The fourth-order valence-electron chi connectivity index (χ4n) is 5.08. The molecule has 3 rings (SSSR count). The van der Waals surface area contributed by atoms with Crippen molar-refractivity contribution < 1.29 is 34.1 Å². The molecule has 0 radical (unpaired) electrons. The standard InChI is InChI=1S/C27H37N9O7/c1-16(31-23(39)17(2)35-21(37)12-13-22(35)38)25(41)34-15-7-11-20(34)24(40)32-19(10-6-14-30-27(28)29)26(42)36(33-43)18-8-4-3-5-9-18/h3-5,8-9,16-17,19-20H,6-7,10-15H2,1-2H3,(H,31,39)(H,32,40)(H4,28,29,30)/p+1/t16-,17-,19-,20-/m0/s1. The average Bonchev–Trinajstić information content (AvgIpc) is 3.60. The Morgan fingerprint density at radius 2 is 1.72 bits per heavy atom. The number of anilines is 1. The SMILES string of the molecule is C[C@H](NC(=O)[C@H](C)N1C(=O)CCC1=O)C(=O)N1CCC[C@H]1C(=O)N[C@@H](CCCN=C(N)N)C(=O)N([NH+]=O)c1ccccc1. The maximum Gasteiger partial charge on any atom is 0.309 e. The number of nitroso groups, excluding NO2 is 1. The summed E-state index contributed by atoms with van der Waals surface area (Å²) in [5.41, 5.74) is 11.0. The quantitative estimate of drug-likeness (QED) is 0.0522. The van der Waals surface area contributed by atoms with Crippen LogP contribution in [0.5, 0.6) is 0 Å². The van der Waals surface area contributed by atoms with Crippen LogP contribution in [0.3, 0.4) is 0 Å². The maximum atomic E-state index is 13.5. The van der Waals surface area contributed by atoms with E-state index >= 15 is 0 Å². The van der Waals surface area contributed by atoms with E-state index in [0.29, 0.717) is 19.3 Å². The smallest absolute Gasteiger partial charge is 0.309 e. The molecule has 6 amide bonds. The average molecular weight is 601 g/mol. The number of benzene rings is 1. The molecule has 0 bridgehead atoms. The predicted molar refractivity (Wildman–Crippen MR) is 153 cm³/mol. The van der Waals surface area contributed by atoms with Crippen molar-refractivity contribution in [3.8, 4) is 0 Å². The molecule has 232 valence electrons. The van der Waals surface area contributed by atoms with Gasteiger partial charge in [0.1, 0.15) is 35.1 Å². The van der Waals surface area contributed by atoms with Gasteiger partial charge in [-0.2, -0.15) is 0 Å². The monoisotopic (exact) mass is 600 g/mol. The Morgan fingerprint density at radius 1 is 1.07 bits per heavy atom. The zero-order valence-electron chi connectivity index (χ0n) is 24.2. The van der Waals surface area contributed by atoms with Crippen LogP contribution in [0.1, 0.15) is 52.4 Å². The van der Waals surface area contributed by atoms with E-state index < -0.39 is 59.6 Å². The Hall–Kier alpha value is -4.89. The fourth-order valence-corrected chi connectivity index (χ4v) is 5.08. The van der Waals surface area contributed by atoms with Gasteiger partial charge in [-0.05, 0) is 56.7 Å². The summed E-state index contributed by atoms with van der Waals surface area (Å²) in [6.45, 7) is 3.26. The topological polar surface area (TPSA) is 232 Å². The van der Waals surface area contributed by atoms with Crippen molar-refractivity contribution in [1.82, 2.24) is 20.4 Å². The first-order valence-corrected chi connectivity index (χ1v) is 14.0. The van der Waals surface area contributed by atoms with E-state index in [0.717, 1.165) is 9.91 Å². The van der Waals surface area contributed by atoms with Gasteiger partial charge in [-0.15, -0.1) is 0 Å². The third kappa shape index (κ3) is 8.11. The number of amides is 6. The van der Waals surface area contributed by atoms with Crippen LogP contribution >= 0.6 is 0 Å². The third-order valence-corrected chi connectivity index (χ3v) is 7.31. The molecule has 2 heterocycles. The van der Waals surface area contributed by atoms with Crippen LogP contribution < -0.4 is 32.4 Å². The normalized spacial score (nSPS) is 18.4. The number of likely N-dealkylation sites (tertiary alicyclic amines) is 2. The number of para-hydroxylation sites is 1. The minimum Gasteiger partial charge on any atom is -0.370 e. The van der Waals surface area contributed by atoms with Crippen molar-refractivity contribution in [3.05, 3.63) is 35.2 Å². The summed E-state index contributed by atoms with van der Waals surface area (Å²) >= 11 is 0. The number of carbonyl (C=O) groups is 6. The highest BCUT2D eigenvalue weighted by Crippen LogP contribution is 2.20. The molecular formula is C27H38N9O7+. The van der Waals surface area contributed by atoms with Gasteiger partial charge in [0.05, 0.1) is 0 Å². The lowest BCUT2D eigenvalue weighted by Crippen LogP contribution is -2.82. The lowest BCUT2D eigenvalue weighted by molar-refractivity contribution is -0.484. The Balaban J connectivity index is 1.70. The second kappa shape index (κ2) is 14.8. The summed E-state index contributed by atoms with van der Waals surface area (Å²) in [6.07, 6.45) is 1.25. The number of hydrazine groups is 1. The van der Waals surface area contributed by atoms with Gasteiger partial charge in [-0.1, -0.05) is 18.2 Å². The summed E-state index contributed by atoms with van der Waals surface area (Å²) in [5.74, 6) is -3.59. The minimum absolute atomic E-state index is 0.0290. The molecule has 0 spiro atoms. The minimum atomic E-state index is -1.16. The molecule has 43 heavy (non-hydrogen) atoms. The summed E-state index contributed by atoms with van der Waals surface area (Å²) < 4.78 is 0. The van der Waals surface area contributed by atoms with Crippen molar-refractivity contribution in [2.24, 2.45) is 16.5 Å². The fraction of sp³-hybridized carbons (Fsp3) is 0.519. The van der Waals surface area contributed by atoms with Gasteiger partial charge in [-0.3, -0.25) is 38.7 Å². The largest absolute Gasteiger partial charge is 0.370 e. The summed E-state index contributed by atoms with van der Waals surface area (Å²) in [4.78, 5) is 94.8. The summed E-state index contributed by atoms with van der Waals surface area (Å²) in [5, 5.41) is 7.60. The van der Waals surface area contributed by atoms with E-state index in [2.05, 4.69) is 15.6 Å². The molecule has 4 atom stereocenters. The van der Waals surface area contributed by atoms with E-state index in [-0.39, 0.29) is 44.0 Å². The van der Waals surface area contributed by atoms with Crippen molar-refractivity contribution in [3.63, 3.8) is 0 Å². The molecule has 2 fully saturated rings. The molecule has 1 aromatic carbocycles. The molecule has 2 aliphatic heterocycles. The Kier molecular flexibility index (Phi) is 11.3. The van der Waals surface area contributed by atoms with Crippen LogP contribution in [0.2, 0.25) is 0 Å². The molecule has 7 N–H and O–H groups in total. The summed E-state index contributed by atoms with van der Waals surface area (Å²) in [6, 6.07) is 3.83. The molecule has 1 aromatic rings. The maximum absolute atomic E-state index is 13.5. The zero-order chi connectivity index (χ0) is 31.7. The van der Waals surface area contributed by atoms with Gasteiger partial charge in [-0.25, -0.2) is 0 Å². The van der Waals surface area contributed by atoms with Gasteiger partial charge >= 0.3 is 5.91 Å². The van der Waals surface area contributed by atoms with Gasteiger partial charge in [0, 0.05) is 30.8 Å². The third-order valence-electron chi connectivity index (χ3n) is 7.31. The van der Waals surface area contributed by atoms with Crippen LogP contribution in [0.4, 0.5) is 5.69 Å². The van der Waals surface area contributed by atoms with Crippen molar-refractivity contribution in [1.29, 1.82) is 0 Å². The molecule has 2 aliphatic rings. The van der Waals surface area contributed by atoms with Crippen LogP contribution in [0.25, 0.3) is 0 Å². The van der Waals surface area contributed by atoms with Crippen molar-refractivity contribution >= 4 is 47.1 Å². The highest BCUT2D eigenvalue weighted by Gasteiger charge is 2.41. The number of hydrogen-bond acceptors (Lipinski definition) is 8. The predicted octanol–water partition coefficient (Wildman–Crippen LogP) is -2.65. The highest BCUT2D eigenvalue weighted by molar-refractivity contribution is 6.06. The Morgan fingerprint density at radius 3 is 2.33 bits per heavy atom. The molecule has 0 aromatic heterocycles. The van der Waals surface area contributed by atoms with Crippen molar-refractivity contribution in [2.75, 3.05) is 18.1 Å². The van der Waals surface area contributed by atoms with Gasteiger partial charge in [0.15, 0.2) is 5.96 Å². The van der Waals surface area contributed by atoms with Gasteiger partial charge < -0.3 is 27.0 Å². The van der Waals surface area contributed by atoms with E-state index in [9.17, 15) is 33.7 Å². The second-order valence-electron chi connectivity index (χ2n) is 10.4. The number of nitrogens with zero attached hydrogens (tertiary/aromatic N) is 4. The number of nitrogens with two attached hydrogens (primary N) is 2. The number of imide groups is 1. The molecule has 16 heteroatoms. The molecule has 0 saturated carbocycles. The van der Waals surface area contributed by atoms with Crippen LogP contribution in [0.15, 0.2) is 35.3 Å². The molecule has 16 nitrogen and oxygen atoms in total. The molecular weight excluding hydrogens is 562 g/mol. The van der Waals surface area contributed by atoms with Crippen LogP contribution in [0, 0.1) is 4.91 Å². The number of nitrogens with one attached hydrogen (secondary N) is 3. The number of rotatable bonds is 13. The van der Waals surface area contributed by atoms with E-state index in [1.165, 1.54) is 18.7 Å². The van der Waals surface area contributed by atoms with E-state index in [4.69, 9.17) is 11.5 Å². The molecule has 0 aliphatic carbocycles. The highest BCUT2D eigenvalue weighted by atomic mass is 16.3.